The van der Waals surface area contributed by atoms with Gasteiger partial charge in [0.1, 0.15) is 5.82 Å². The van der Waals surface area contributed by atoms with E-state index >= 15 is 0 Å². The Hall–Kier alpha value is -2.69. The van der Waals surface area contributed by atoms with Crippen LogP contribution in [0.5, 0.6) is 0 Å². The van der Waals surface area contributed by atoms with Crippen LogP contribution in [0.15, 0.2) is 48.5 Å². The molecule has 0 saturated heterocycles. The Kier molecular flexibility index (Phi) is 6.07. The van der Waals surface area contributed by atoms with Gasteiger partial charge in [0.2, 0.25) is 0 Å². The molecule has 0 saturated carbocycles. The molecule has 0 unspecified atom stereocenters. The maximum Gasteiger partial charge on any atom is 0.255 e. The molecule has 2 aromatic carbocycles. The van der Waals surface area contributed by atoms with Crippen LogP contribution in [0.4, 0.5) is 10.1 Å². The van der Waals surface area contributed by atoms with E-state index in [9.17, 15) is 14.0 Å². The molecule has 2 aromatic rings. The summed E-state index contributed by atoms with van der Waals surface area (Å²) in [5.41, 5.74) is 1.19. The molecule has 2 amide bonds. The van der Waals surface area contributed by atoms with E-state index in [4.69, 9.17) is 0 Å². The summed E-state index contributed by atoms with van der Waals surface area (Å²) >= 11 is 0. The Bertz CT molecular complexity index is 731. The van der Waals surface area contributed by atoms with Gasteiger partial charge in [-0.15, -0.1) is 0 Å². The normalized spacial score (nSPS) is 10.3. The number of unbranched alkanes of at least 4 members (excludes halogenated alkanes) is 1. The second-order valence-corrected chi connectivity index (χ2v) is 5.63. The monoisotopic (exact) mass is 328 g/mol. The number of hydrogen-bond acceptors (Lipinski definition) is 2. The number of hydrogen-bond donors (Lipinski definition) is 1. The van der Waals surface area contributed by atoms with Gasteiger partial charge in [-0.25, -0.2) is 4.39 Å². The van der Waals surface area contributed by atoms with Gasteiger partial charge in [0.05, 0.1) is 0 Å². The molecule has 0 spiro atoms. The van der Waals surface area contributed by atoms with Crippen molar-refractivity contribution in [3.8, 4) is 0 Å². The van der Waals surface area contributed by atoms with Crippen LogP contribution in [0.25, 0.3) is 0 Å². The predicted molar refractivity (Wildman–Crippen MR) is 92.7 cm³/mol. The Morgan fingerprint density at radius 2 is 1.79 bits per heavy atom. The molecular formula is C19H21FN2O2. The SMILES string of the molecule is CCCCN(C)C(=O)c1cccc(C(=O)Nc2cccc(F)c2)c1. The largest absolute Gasteiger partial charge is 0.342 e. The van der Waals surface area contributed by atoms with Crippen LogP contribution in [-0.2, 0) is 0 Å². The second-order valence-electron chi connectivity index (χ2n) is 5.63. The molecule has 0 aliphatic carbocycles. The van der Waals surface area contributed by atoms with Crippen molar-refractivity contribution in [2.24, 2.45) is 0 Å². The second kappa shape index (κ2) is 8.24. The van der Waals surface area contributed by atoms with Crippen LogP contribution in [0.2, 0.25) is 0 Å². The maximum absolute atomic E-state index is 13.2. The summed E-state index contributed by atoms with van der Waals surface area (Å²) in [7, 11) is 1.75. The predicted octanol–water partition coefficient (Wildman–Crippen LogP) is 3.95. The molecule has 0 heterocycles. The molecule has 0 atom stereocenters. The molecule has 4 nitrogen and oxygen atoms in total. The van der Waals surface area contributed by atoms with Crippen LogP contribution >= 0.6 is 0 Å². The van der Waals surface area contributed by atoms with Gasteiger partial charge in [0.25, 0.3) is 11.8 Å². The number of benzene rings is 2. The van der Waals surface area contributed by atoms with Crippen molar-refractivity contribution in [2.75, 3.05) is 18.9 Å². The minimum absolute atomic E-state index is 0.121. The highest BCUT2D eigenvalue weighted by Crippen LogP contribution is 2.13. The first-order valence-corrected chi connectivity index (χ1v) is 7.93. The van der Waals surface area contributed by atoms with Gasteiger partial charge >= 0.3 is 0 Å². The lowest BCUT2D eigenvalue weighted by Crippen LogP contribution is -2.28. The third kappa shape index (κ3) is 4.65. The first-order chi connectivity index (χ1) is 11.5. The van der Waals surface area contributed by atoms with E-state index in [1.807, 2.05) is 0 Å². The van der Waals surface area contributed by atoms with Gasteiger partial charge in [0, 0.05) is 30.4 Å². The van der Waals surface area contributed by atoms with Crippen LogP contribution < -0.4 is 5.32 Å². The highest BCUT2D eigenvalue weighted by molar-refractivity contribution is 6.06. The summed E-state index contributed by atoms with van der Waals surface area (Å²) in [6.45, 7) is 2.74. The fraction of sp³-hybridized carbons (Fsp3) is 0.263. The Balaban J connectivity index is 2.11. The van der Waals surface area contributed by atoms with Crippen LogP contribution in [0.3, 0.4) is 0 Å². The number of carbonyl (C=O) groups is 2. The molecule has 0 aromatic heterocycles. The summed E-state index contributed by atoms with van der Waals surface area (Å²) in [4.78, 5) is 26.3. The average molecular weight is 328 g/mol. The van der Waals surface area contributed by atoms with E-state index in [0.717, 1.165) is 12.8 Å². The van der Waals surface area contributed by atoms with E-state index in [2.05, 4.69) is 12.2 Å². The number of anilines is 1. The first kappa shape index (κ1) is 17.7. The van der Waals surface area contributed by atoms with E-state index in [1.165, 1.54) is 18.2 Å². The Morgan fingerprint density at radius 3 is 2.50 bits per heavy atom. The lowest BCUT2D eigenvalue weighted by molar-refractivity contribution is 0.0793. The van der Waals surface area contributed by atoms with Crippen molar-refractivity contribution >= 4 is 17.5 Å². The zero-order valence-electron chi connectivity index (χ0n) is 13.9. The lowest BCUT2D eigenvalue weighted by atomic mass is 10.1. The molecule has 2 rings (SSSR count). The van der Waals surface area contributed by atoms with Gasteiger partial charge in [-0.05, 0) is 42.8 Å². The number of carbonyl (C=O) groups excluding carboxylic acids is 2. The minimum Gasteiger partial charge on any atom is -0.342 e. The number of halogens is 1. The highest BCUT2D eigenvalue weighted by atomic mass is 19.1. The quantitative estimate of drug-likeness (QED) is 0.873. The summed E-state index contributed by atoms with van der Waals surface area (Å²) in [6, 6.07) is 12.2. The summed E-state index contributed by atoms with van der Waals surface area (Å²) in [5.74, 6) is -0.926. The smallest absolute Gasteiger partial charge is 0.255 e. The van der Waals surface area contributed by atoms with E-state index < -0.39 is 5.82 Å². The summed E-state index contributed by atoms with van der Waals surface area (Å²) in [6.07, 6.45) is 1.94. The van der Waals surface area contributed by atoms with Gasteiger partial charge in [-0.3, -0.25) is 9.59 Å². The average Bonchev–Trinajstić information content (AvgIpc) is 2.59. The molecule has 0 aliphatic rings. The number of rotatable bonds is 6. The molecule has 0 bridgehead atoms. The van der Waals surface area contributed by atoms with E-state index in [1.54, 1.807) is 42.3 Å². The standard InChI is InChI=1S/C19H21FN2O2/c1-3-4-11-22(2)19(24)15-8-5-7-14(12-15)18(23)21-17-10-6-9-16(20)13-17/h5-10,12-13H,3-4,11H2,1-2H3,(H,21,23). The molecular weight excluding hydrogens is 307 g/mol. The van der Waals surface area contributed by atoms with E-state index in [-0.39, 0.29) is 11.8 Å². The van der Waals surface area contributed by atoms with Crippen LogP contribution in [0.1, 0.15) is 40.5 Å². The van der Waals surface area contributed by atoms with Crippen molar-refractivity contribution in [3.05, 3.63) is 65.5 Å². The van der Waals surface area contributed by atoms with Crippen LogP contribution in [0, 0.1) is 5.82 Å². The molecule has 126 valence electrons. The third-order valence-electron chi connectivity index (χ3n) is 3.65. The number of amides is 2. The van der Waals surface area contributed by atoms with Gasteiger partial charge in [0.15, 0.2) is 0 Å². The maximum atomic E-state index is 13.2. The van der Waals surface area contributed by atoms with Crippen molar-refractivity contribution < 1.29 is 14.0 Å². The summed E-state index contributed by atoms with van der Waals surface area (Å²) < 4.78 is 13.2. The Morgan fingerprint density at radius 1 is 1.08 bits per heavy atom. The fourth-order valence-electron chi connectivity index (χ4n) is 2.28. The number of nitrogens with zero attached hydrogens (tertiary/aromatic N) is 1. The minimum atomic E-state index is -0.422. The fourth-order valence-corrected chi connectivity index (χ4v) is 2.28. The van der Waals surface area contributed by atoms with Crippen LogP contribution in [-0.4, -0.2) is 30.3 Å². The van der Waals surface area contributed by atoms with Gasteiger partial charge in [-0.2, -0.15) is 0 Å². The zero-order valence-corrected chi connectivity index (χ0v) is 13.9. The van der Waals surface area contributed by atoms with E-state index in [0.29, 0.717) is 23.4 Å². The van der Waals surface area contributed by atoms with Gasteiger partial charge in [-0.1, -0.05) is 25.5 Å². The lowest BCUT2D eigenvalue weighted by Gasteiger charge is -2.17. The number of nitrogens with one attached hydrogen (secondary N) is 1. The molecule has 0 radical (unpaired) electrons. The summed E-state index contributed by atoms with van der Waals surface area (Å²) in [5, 5.41) is 2.62. The third-order valence-corrected chi connectivity index (χ3v) is 3.65. The topological polar surface area (TPSA) is 49.4 Å². The molecule has 24 heavy (non-hydrogen) atoms. The highest BCUT2D eigenvalue weighted by Gasteiger charge is 2.14. The molecule has 5 heteroatoms. The first-order valence-electron chi connectivity index (χ1n) is 7.93. The van der Waals surface area contributed by atoms with Gasteiger partial charge < -0.3 is 10.2 Å². The zero-order chi connectivity index (χ0) is 17.5. The Labute approximate surface area is 141 Å². The van der Waals surface area contributed by atoms with Crippen molar-refractivity contribution in [1.29, 1.82) is 0 Å². The van der Waals surface area contributed by atoms with Crippen molar-refractivity contribution in [3.63, 3.8) is 0 Å². The molecule has 1 N–H and O–H groups in total. The van der Waals surface area contributed by atoms with Crippen molar-refractivity contribution in [2.45, 2.75) is 19.8 Å². The molecule has 0 aliphatic heterocycles. The van der Waals surface area contributed by atoms with Crippen molar-refractivity contribution in [1.82, 2.24) is 4.90 Å². The molecule has 0 fully saturated rings.